The molecule has 174 valence electrons. The molecular formula is C26H28O7. The smallest absolute Gasteiger partial charge is 0.338 e. The highest BCUT2D eigenvalue weighted by molar-refractivity contribution is 5.94. The Morgan fingerprint density at radius 2 is 1.91 bits per heavy atom. The summed E-state index contributed by atoms with van der Waals surface area (Å²) in [6, 6.07) is 8.71. The van der Waals surface area contributed by atoms with E-state index >= 15 is 0 Å². The van der Waals surface area contributed by atoms with Crippen molar-refractivity contribution >= 4 is 11.9 Å². The maximum atomic E-state index is 12.9. The Bertz CT molecular complexity index is 1080. The van der Waals surface area contributed by atoms with Crippen LogP contribution in [0.1, 0.15) is 54.4 Å². The van der Waals surface area contributed by atoms with Crippen LogP contribution >= 0.6 is 0 Å². The monoisotopic (exact) mass is 452 g/mol. The van der Waals surface area contributed by atoms with Crippen molar-refractivity contribution in [1.29, 1.82) is 0 Å². The Balaban J connectivity index is 1.41. The molecule has 2 aromatic rings. The van der Waals surface area contributed by atoms with Gasteiger partial charge < -0.3 is 24.1 Å². The third kappa shape index (κ3) is 3.90. The second kappa shape index (κ2) is 8.61. The van der Waals surface area contributed by atoms with Gasteiger partial charge in [0.05, 0.1) is 19.3 Å². The van der Waals surface area contributed by atoms with Gasteiger partial charge in [-0.2, -0.15) is 0 Å². The quantitative estimate of drug-likeness (QED) is 0.584. The Kier molecular flexibility index (Phi) is 5.64. The first-order valence-corrected chi connectivity index (χ1v) is 11.5. The minimum absolute atomic E-state index is 0.0499. The van der Waals surface area contributed by atoms with E-state index in [1.807, 2.05) is 12.1 Å². The summed E-state index contributed by atoms with van der Waals surface area (Å²) in [6.45, 7) is 0.858. The van der Waals surface area contributed by atoms with Gasteiger partial charge >= 0.3 is 11.9 Å². The van der Waals surface area contributed by atoms with Gasteiger partial charge in [0.15, 0.2) is 11.5 Å². The largest absolute Gasteiger partial charge is 0.504 e. The predicted molar refractivity (Wildman–Crippen MR) is 119 cm³/mol. The van der Waals surface area contributed by atoms with Crippen molar-refractivity contribution in [2.75, 3.05) is 20.3 Å². The van der Waals surface area contributed by atoms with Crippen molar-refractivity contribution in [3.63, 3.8) is 0 Å². The van der Waals surface area contributed by atoms with Crippen molar-refractivity contribution in [1.82, 2.24) is 0 Å². The summed E-state index contributed by atoms with van der Waals surface area (Å²) in [4.78, 5) is 24.7. The maximum absolute atomic E-state index is 12.9. The van der Waals surface area contributed by atoms with Gasteiger partial charge in [-0.1, -0.05) is 18.9 Å². The van der Waals surface area contributed by atoms with Crippen LogP contribution in [0.5, 0.6) is 17.2 Å². The topological polar surface area (TPSA) is 91.3 Å². The fourth-order valence-corrected chi connectivity index (χ4v) is 4.65. The highest BCUT2D eigenvalue weighted by Gasteiger charge is 2.47. The number of carbonyl (C=O) groups is 2. The highest BCUT2D eigenvalue weighted by atomic mass is 16.5. The Hall–Kier alpha value is -3.22. The molecule has 5 rings (SSSR count). The highest BCUT2D eigenvalue weighted by Crippen LogP contribution is 2.48. The first kappa shape index (κ1) is 21.6. The van der Waals surface area contributed by atoms with E-state index in [1.165, 1.54) is 13.5 Å². The van der Waals surface area contributed by atoms with Gasteiger partial charge in [-0.05, 0) is 61.4 Å². The number of ether oxygens (including phenoxy) is 4. The number of fused-ring (bicyclic) bond motifs is 1. The summed E-state index contributed by atoms with van der Waals surface area (Å²) in [5.41, 5.74) is 2.18. The van der Waals surface area contributed by atoms with Gasteiger partial charge in [0, 0.05) is 11.1 Å². The fraction of sp³-hybridized carbons (Fsp3) is 0.462. The van der Waals surface area contributed by atoms with Gasteiger partial charge in [0.25, 0.3) is 0 Å². The third-order valence-corrected chi connectivity index (χ3v) is 7.20. The van der Waals surface area contributed by atoms with E-state index in [9.17, 15) is 14.7 Å². The van der Waals surface area contributed by atoms with Crippen molar-refractivity contribution in [3.05, 3.63) is 41.5 Å². The van der Waals surface area contributed by atoms with Crippen LogP contribution in [0.4, 0.5) is 0 Å². The van der Waals surface area contributed by atoms with Crippen LogP contribution in [0.2, 0.25) is 0 Å². The predicted octanol–water partition coefficient (Wildman–Crippen LogP) is 4.63. The van der Waals surface area contributed by atoms with Crippen LogP contribution in [-0.4, -0.2) is 37.4 Å². The molecule has 7 heteroatoms. The molecule has 1 heterocycles. The number of hydrogen-bond acceptors (Lipinski definition) is 7. The molecule has 33 heavy (non-hydrogen) atoms. The van der Waals surface area contributed by atoms with Crippen molar-refractivity contribution in [3.8, 4) is 28.4 Å². The lowest BCUT2D eigenvalue weighted by Crippen LogP contribution is -2.45. The zero-order chi connectivity index (χ0) is 23.0. The van der Waals surface area contributed by atoms with Crippen LogP contribution in [0, 0.1) is 11.3 Å². The third-order valence-electron chi connectivity index (χ3n) is 7.20. The maximum Gasteiger partial charge on any atom is 0.338 e. The molecular weight excluding hydrogens is 424 g/mol. The molecule has 2 saturated carbocycles. The average Bonchev–Trinajstić information content (AvgIpc) is 3.12. The van der Waals surface area contributed by atoms with E-state index in [0.717, 1.165) is 30.4 Å². The zero-order valence-corrected chi connectivity index (χ0v) is 18.7. The van der Waals surface area contributed by atoms with Crippen molar-refractivity contribution in [2.45, 2.75) is 45.1 Å². The van der Waals surface area contributed by atoms with Crippen molar-refractivity contribution < 1.29 is 33.6 Å². The first-order chi connectivity index (χ1) is 16.0. The van der Waals surface area contributed by atoms with E-state index in [1.54, 1.807) is 18.2 Å². The molecule has 2 aromatic carbocycles. The van der Waals surface area contributed by atoms with Gasteiger partial charge in [-0.15, -0.1) is 0 Å². The summed E-state index contributed by atoms with van der Waals surface area (Å²) in [5.74, 6) is 0.475. The van der Waals surface area contributed by atoms with E-state index in [2.05, 4.69) is 0 Å². The molecule has 2 aliphatic carbocycles. The molecule has 0 atom stereocenters. The Morgan fingerprint density at radius 1 is 1.12 bits per heavy atom. The van der Waals surface area contributed by atoms with Crippen LogP contribution in [0.25, 0.3) is 11.1 Å². The molecule has 0 amide bonds. The molecule has 0 aromatic heterocycles. The second-order valence-electron chi connectivity index (χ2n) is 9.26. The van der Waals surface area contributed by atoms with E-state index in [4.69, 9.17) is 18.9 Å². The summed E-state index contributed by atoms with van der Waals surface area (Å²) >= 11 is 0. The zero-order valence-electron chi connectivity index (χ0n) is 18.7. The molecule has 0 bridgehead atoms. The summed E-state index contributed by atoms with van der Waals surface area (Å²) in [6.07, 6.45) is 5.83. The summed E-state index contributed by atoms with van der Waals surface area (Å²) in [5, 5.41) is 10.4. The lowest BCUT2D eigenvalue weighted by Gasteiger charge is -2.39. The molecule has 1 N–H and O–H groups in total. The first-order valence-electron chi connectivity index (χ1n) is 11.5. The molecule has 3 aliphatic rings. The van der Waals surface area contributed by atoms with Gasteiger partial charge in [0.2, 0.25) is 5.75 Å². The van der Waals surface area contributed by atoms with Gasteiger partial charge in [-0.3, -0.25) is 4.79 Å². The Morgan fingerprint density at radius 3 is 2.58 bits per heavy atom. The van der Waals surface area contributed by atoms with Crippen molar-refractivity contribution in [2.24, 2.45) is 11.3 Å². The number of aromatic hydroxyl groups is 1. The number of phenols is 1. The minimum Gasteiger partial charge on any atom is -0.504 e. The van der Waals surface area contributed by atoms with E-state index in [0.29, 0.717) is 42.2 Å². The van der Waals surface area contributed by atoms with E-state index < -0.39 is 5.41 Å². The minimum atomic E-state index is -0.671. The number of esters is 2. The molecule has 0 radical (unpaired) electrons. The molecule has 0 unspecified atom stereocenters. The SMILES string of the molecule is COc1c(O)ccc(-c2ccc3c(c2)COC3=O)c1OCC1(C(=O)OCC2CCC2)CCC1. The van der Waals surface area contributed by atoms with Crippen LogP contribution in [0.3, 0.4) is 0 Å². The molecule has 1 aliphatic heterocycles. The number of carbonyl (C=O) groups excluding carboxylic acids is 2. The summed E-state index contributed by atoms with van der Waals surface area (Å²) < 4.78 is 22.4. The lowest BCUT2D eigenvalue weighted by molar-refractivity contribution is -0.166. The number of hydrogen-bond donors (Lipinski definition) is 1. The second-order valence-corrected chi connectivity index (χ2v) is 9.26. The number of cyclic esters (lactones) is 1. The number of phenolic OH excluding ortho intramolecular Hbond substituents is 1. The number of benzene rings is 2. The number of rotatable bonds is 8. The number of methoxy groups -OCH3 is 1. The fourth-order valence-electron chi connectivity index (χ4n) is 4.65. The van der Waals surface area contributed by atoms with Gasteiger partial charge in [0.1, 0.15) is 18.6 Å². The summed E-state index contributed by atoms with van der Waals surface area (Å²) in [7, 11) is 1.47. The average molecular weight is 453 g/mol. The van der Waals surface area contributed by atoms with Crippen LogP contribution in [0.15, 0.2) is 30.3 Å². The standard InChI is InChI=1S/C26H28O7/c1-30-23-21(27)9-8-19(17-6-7-20-18(12-17)14-31-24(20)28)22(23)33-15-26(10-3-11-26)25(29)32-13-16-4-2-5-16/h6-9,12,16,27H,2-5,10-11,13-15H2,1H3. The Labute approximate surface area is 192 Å². The van der Waals surface area contributed by atoms with Crippen LogP contribution in [-0.2, 0) is 20.9 Å². The van der Waals surface area contributed by atoms with Crippen LogP contribution < -0.4 is 9.47 Å². The molecule has 0 spiro atoms. The normalized spacial score (nSPS) is 18.5. The lowest BCUT2D eigenvalue weighted by atomic mass is 9.69. The molecule has 0 saturated heterocycles. The van der Waals surface area contributed by atoms with Gasteiger partial charge in [-0.25, -0.2) is 4.79 Å². The van der Waals surface area contributed by atoms with E-state index in [-0.39, 0.29) is 36.7 Å². The molecule has 2 fully saturated rings. The molecule has 7 nitrogen and oxygen atoms in total.